The van der Waals surface area contributed by atoms with Crippen LogP contribution in [-0.2, 0) is 11.2 Å². The molecule has 5 heteroatoms. The number of rotatable bonds is 4. The summed E-state index contributed by atoms with van der Waals surface area (Å²) >= 11 is 0. The molecule has 128 valence electrons. The van der Waals surface area contributed by atoms with Crippen molar-refractivity contribution in [2.75, 3.05) is 6.54 Å². The first kappa shape index (κ1) is 15.8. The summed E-state index contributed by atoms with van der Waals surface area (Å²) in [6.45, 7) is 0.754. The number of amides is 1. The van der Waals surface area contributed by atoms with E-state index in [4.69, 9.17) is 0 Å². The van der Waals surface area contributed by atoms with Gasteiger partial charge in [-0.25, -0.2) is 9.37 Å². The number of hydrogen-bond donors (Lipinski definition) is 1. The minimum absolute atomic E-state index is 0.0428. The van der Waals surface area contributed by atoms with Gasteiger partial charge in [-0.15, -0.1) is 0 Å². The number of halogens is 1. The van der Waals surface area contributed by atoms with Crippen LogP contribution in [0.4, 0.5) is 4.39 Å². The largest absolute Gasteiger partial charge is 0.340 e. The molecule has 0 bridgehead atoms. The second kappa shape index (κ2) is 6.67. The molecule has 1 amide bonds. The first-order chi connectivity index (χ1) is 12.2. The summed E-state index contributed by atoms with van der Waals surface area (Å²) < 4.78 is 13.4. The molecule has 1 atom stereocenters. The Kier molecular flexibility index (Phi) is 4.22. The Morgan fingerprint density at radius 1 is 1.24 bits per heavy atom. The van der Waals surface area contributed by atoms with Crippen LogP contribution in [0.25, 0.3) is 11.0 Å². The van der Waals surface area contributed by atoms with E-state index in [1.54, 1.807) is 6.07 Å². The molecular weight excluding hydrogens is 317 g/mol. The van der Waals surface area contributed by atoms with E-state index in [2.05, 4.69) is 9.97 Å². The molecule has 0 aliphatic carbocycles. The minimum Gasteiger partial charge on any atom is -0.340 e. The lowest BCUT2D eigenvalue weighted by Gasteiger charge is -2.23. The maximum absolute atomic E-state index is 13.4. The Labute approximate surface area is 145 Å². The maximum atomic E-state index is 13.4. The molecule has 1 aliphatic rings. The number of imidazole rings is 1. The number of carbonyl (C=O) groups is 1. The molecule has 1 unspecified atom stereocenters. The lowest BCUT2D eigenvalue weighted by Crippen LogP contribution is -2.31. The number of nitrogens with one attached hydrogen (secondary N) is 1. The third-order valence-electron chi connectivity index (χ3n) is 4.82. The van der Waals surface area contributed by atoms with Crippen molar-refractivity contribution in [2.45, 2.75) is 31.7 Å². The zero-order valence-electron chi connectivity index (χ0n) is 13.9. The average Bonchev–Trinajstić information content (AvgIpc) is 3.26. The molecule has 1 aromatic heterocycles. The Morgan fingerprint density at radius 3 is 2.92 bits per heavy atom. The SMILES string of the molecule is O=C(CCc1ccccc1)N1CCCC1c1nc2ccc(F)cc2[nH]1. The second-order valence-electron chi connectivity index (χ2n) is 6.51. The normalized spacial score (nSPS) is 17.3. The van der Waals surface area contributed by atoms with Crippen molar-refractivity contribution in [1.82, 2.24) is 14.9 Å². The number of fused-ring (bicyclic) bond motifs is 1. The highest BCUT2D eigenvalue weighted by Gasteiger charge is 2.31. The summed E-state index contributed by atoms with van der Waals surface area (Å²) in [5.41, 5.74) is 2.59. The minimum atomic E-state index is -0.287. The topological polar surface area (TPSA) is 49.0 Å². The molecule has 1 N–H and O–H groups in total. The molecule has 3 aromatic rings. The molecule has 1 saturated heterocycles. The van der Waals surface area contributed by atoms with E-state index in [1.165, 1.54) is 17.7 Å². The number of nitrogens with zero attached hydrogens (tertiary/aromatic N) is 2. The molecule has 2 heterocycles. The Morgan fingerprint density at radius 2 is 2.08 bits per heavy atom. The van der Waals surface area contributed by atoms with Crippen molar-refractivity contribution in [3.8, 4) is 0 Å². The highest BCUT2D eigenvalue weighted by Crippen LogP contribution is 2.32. The van der Waals surface area contributed by atoms with Gasteiger partial charge in [-0.3, -0.25) is 4.79 Å². The summed E-state index contributed by atoms with van der Waals surface area (Å²) in [5.74, 6) is 0.620. The van der Waals surface area contributed by atoms with Gasteiger partial charge in [0.25, 0.3) is 0 Å². The van der Waals surface area contributed by atoms with Crippen molar-refractivity contribution in [3.63, 3.8) is 0 Å². The van der Waals surface area contributed by atoms with Gasteiger partial charge in [0.1, 0.15) is 11.6 Å². The summed E-state index contributed by atoms with van der Waals surface area (Å²) in [7, 11) is 0. The Bertz CT molecular complexity index is 890. The molecule has 1 fully saturated rings. The molecule has 1 aliphatic heterocycles. The van der Waals surface area contributed by atoms with Gasteiger partial charge in [-0.1, -0.05) is 30.3 Å². The lowest BCUT2D eigenvalue weighted by molar-refractivity contribution is -0.132. The van der Waals surface area contributed by atoms with Crippen LogP contribution in [0.2, 0.25) is 0 Å². The summed E-state index contributed by atoms with van der Waals surface area (Å²) in [6.07, 6.45) is 3.09. The standard InChI is InChI=1S/C20H20FN3O/c21-15-9-10-16-17(13-15)23-20(22-16)18-7-4-12-24(18)19(25)11-8-14-5-2-1-3-6-14/h1-3,5-6,9-10,13,18H,4,7-8,11-12H2,(H,22,23). The quantitative estimate of drug-likeness (QED) is 0.782. The van der Waals surface area contributed by atoms with Crippen molar-refractivity contribution >= 4 is 16.9 Å². The fourth-order valence-corrected chi connectivity index (χ4v) is 3.55. The van der Waals surface area contributed by atoms with E-state index in [1.807, 2.05) is 35.2 Å². The number of aryl methyl sites for hydroxylation is 1. The van der Waals surface area contributed by atoms with Gasteiger partial charge in [0.15, 0.2) is 0 Å². The smallest absolute Gasteiger partial charge is 0.223 e. The highest BCUT2D eigenvalue weighted by molar-refractivity contribution is 5.78. The zero-order chi connectivity index (χ0) is 17.2. The predicted molar refractivity (Wildman–Crippen MR) is 94.5 cm³/mol. The van der Waals surface area contributed by atoms with E-state index >= 15 is 0 Å². The van der Waals surface area contributed by atoms with Gasteiger partial charge >= 0.3 is 0 Å². The lowest BCUT2D eigenvalue weighted by atomic mass is 10.1. The predicted octanol–water partition coefficient (Wildman–Crippen LogP) is 4.00. The van der Waals surface area contributed by atoms with Gasteiger partial charge in [-0.05, 0) is 43.0 Å². The first-order valence-corrected chi connectivity index (χ1v) is 8.69. The number of likely N-dealkylation sites (tertiary alicyclic amines) is 1. The molecule has 25 heavy (non-hydrogen) atoms. The summed E-state index contributed by atoms with van der Waals surface area (Å²) in [4.78, 5) is 22.4. The van der Waals surface area contributed by atoms with Gasteiger partial charge in [0.05, 0.1) is 17.1 Å². The number of aromatic nitrogens is 2. The van der Waals surface area contributed by atoms with Crippen LogP contribution in [0.5, 0.6) is 0 Å². The van der Waals surface area contributed by atoms with E-state index in [0.29, 0.717) is 11.9 Å². The van der Waals surface area contributed by atoms with Crippen LogP contribution in [0.1, 0.15) is 36.7 Å². The van der Waals surface area contributed by atoms with Crippen LogP contribution in [-0.4, -0.2) is 27.3 Å². The summed E-state index contributed by atoms with van der Waals surface area (Å²) in [6, 6.07) is 14.5. The zero-order valence-corrected chi connectivity index (χ0v) is 13.9. The van der Waals surface area contributed by atoms with Gasteiger partial charge in [-0.2, -0.15) is 0 Å². The Balaban J connectivity index is 1.50. The summed E-state index contributed by atoms with van der Waals surface area (Å²) in [5, 5.41) is 0. The molecule has 4 rings (SSSR count). The van der Waals surface area contributed by atoms with Crippen LogP contribution in [0.3, 0.4) is 0 Å². The number of benzene rings is 2. The first-order valence-electron chi connectivity index (χ1n) is 8.69. The third-order valence-corrected chi connectivity index (χ3v) is 4.82. The van der Waals surface area contributed by atoms with Crippen molar-refractivity contribution < 1.29 is 9.18 Å². The van der Waals surface area contributed by atoms with Crippen LogP contribution in [0, 0.1) is 5.82 Å². The highest BCUT2D eigenvalue weighted by atomic mass is 19.1. The average molecular weight is 337 g/mol. The Hall–Kier alpha value is -2.69. The van der Waals surface area contributed by atoms with E-state index < -0.39 is 0 Å². The van der Waals surface area contributed by atoms with Crippen molar-refractivity contribution in [1.29, 1.82) is 0 Å². The van der Waals surface area contributed by atoms with Crippen molar-refractivity contribution in [3.05, 3.63) is 65.7 Å². The fourth-order valence-electron chi connectivity index (χ4n) is 3.55. The maximum Gasteiger partial charge on any atom is 0.223 e. The number of aromatic amines is 1. The van der Waals surface area contributed by atoms with Crippen LogP contribution in [0.15, 0.2) is 48.5 Å². The van der Waals surface area contributed by atoms with E-state index in [0.717, 1.165) is 37.1 Å². The van der Waals surface area contributed by atoms with Gasteiger partial charge < -0.3 is 9.88 Å². The molecule has 0 spiro atoms. The number of hydrogen-bond acceptors (Lipinski definition) is 2. The molecule has 4 nitrogen and oxygen atoms in total. The van der Waals surface area contributed by atoms with Crippen molar-refractivity contribution in [2.24, 2.45) is 0 Å². The fraction of sp³-hybridized carbons (Fsp3) is 0.300. The molecule has 0 radical (unpaired) electrons. The molecule has 2 aromatic carbocycles. The van der Waals surface area contributed by atoms with Crippen LogP contribution >= 0.6 is 0 Å². The second-order valence-corrected chi connectivity index (χ2v) is 6.51. The molecule has 0 saturated carbocycles. The van der Waals surface area contributed by atoms with Crippen LogP contribution < -0.4 is 0 Å². The van der Waals surface area contributed by atoms with Gasteiger partial charge in [0.2, 0.25) is 5.91 Å². The number of carbonyl (C=O) groups excluding carboxylic acids is 1. The number of H-pyrrole nitrogens is 1. The van der Waals surface area contributed by atoms with E-state index in [-0.39, 0.29) is 17.8 Å². The molecular formula is C20H20FN3O. The van der Waals surface area contributed by atoms with Gasteiger partial charge in [0, 0.05) is 13.0 Å². The van der Waals surface area contributed by atoms with E-state index in [9.17, 15) is 9.18 Å². The third kappa shape index (κ3) is 3.27. The monoisotopic (exact) mass is 337 g/mol.